The van der Waals surface area contributed by atoms with Crippen molar-refractivity contribution < 1.29 is 26.9 Å². The van der Waals surface area contributed by atoms with Crippen molar-refractivity contribution in [3.05, 3.63) is 89.7 Å². The summed E-state index contributed by atoms with van der Waals surface area (Å²) in [5.41, 5.74) is 2.40. The predicted octanol–water partition coefficient (Wildman–Crippen LogP) is 7.62. The summed E-state index contributed by atoms with van der Waals surface area (Å²) in [6, 6.07) is 16.3. The van der Waals surface area contributed by atoms with Gasteiger partial charge >= 0.3 is 18.2 Å². The molecule has 4 aromatic rings. The lowest BCUT2D eigenvalue weighted by Crippen LogP contribution is -2.33. The number of amides is 2. The number of urea groups is 1. The molecule has 0 aliphatic rings. The van der Waals surface area contributed by atoms with Crippen LogP contribution in [0.5, 0.6) is 0 Å². The molecule has 0 radical (unpaired) electrons. The van der Waals surface area contributed by atoms with Crippen molar-refractivity contribution >= 4 is 40.6 Å². The summed E-state index contributed by atoms with van der Waals surface area (Å²) >= 11 is 0.664. The third kappa shape index (κ3) is 8.22. The lowest BCUT2D eigenvalue weighted by atomic mass is 9.98. The van der Waals surface area contributed by atoms with Gasteiger partial charge in [-0.3, -0.25) is 10.1 Å². The van der Waals surface area contributed by atoms with Crippen LogP contribution in [0.1, 0.15) is 37.5 Å². The van der Waals surface area contributed by atoms with Gasteiger partial charge in [0.1, 0.15) is 18.4 Å². The third-order valence-corrected chi connectivity index (χ3v) is 6.62. The molecule has 4 rings (SSSR count). The van der Waals surface area contributed by atoms with Crippen LogP contribution >= 0.6 is 12.0 Å². The van der Waals surface area contributed by atoms with Crippen LogP contribution in [0.2, 0.25) is 0 Å². The van der Waals surface area contributed by atoms with Crippen LogP contribution in [0.15, 0.2) is 78.0 Å². The third-order valence-electron chi connectivity index (χ3n) is 6.03. The largest absolute Gasteiger partial charge is 0.416 e. The van der Waals surface area contributed by atoms with Gasteiger partial charge in [0.25, 0.3) is 0 Å². The zero-order valence-electron chi connectivity index (χ0n) is 24.0. The first-order valence-corrected chi connectivity index (χ1v) is 13.8. The Bertz CT molecular complexity index is 1620. The first kappa shape index (κ1) is 31.3. The van der Waals surface area contributed by atoms with Crippen LogP contribution in [-0.2, 0) is 15.2 Å². The molecule has 1 aromatic heterocycles. The van der Waals surface area contributed by atoms with E-state index >= 15 is 0 Å². The number of aromatic nitrogens is 3. The number of benzene rings is 3. The van der Waals surface area contributed by atoms with Crippen LogP contribution in [0.3, 0.4) is 0 Å². The summed E-state index contributed by atoms with van der Waals surface area (Å²) in [6.07, 6.45) is -3.02. The number of rotatable bonds is 4. The van der Waals surface area contributed by atoms with Crippen LogP contribution in [0.4, 0.5) is 29.3 Å². The molecule has 0 aliphatic carbocycles. The molecular formula is C30H29F3N6O3S. The van der Waals surface area contributed by atoms with E-state index in [2.05, 4.69) is 25.7 Å². The van der Waals surface area contributed by atoms with Crippen molar-refractivity contribution in [2.45, 2.75) is 40.8 Å². The molecule has 43 heavy (non-hydrogen) atoms. The van der Waals surface area contributed by atoms with Crippen molar-refractivity contribution in [3.63, 3.8) is 0 Å². The molecule has 3 aromatic carbocycles. The van der Waals surface area contributed by atoms with E-state index in [1.807, 2.05) is 32.0 Å². The minimum Gasteiger partial charge on any atom is -0.382 e. The summed E-state index contributed by atoms with van der Waals surface area (Å²) in [5, 5.41) is 9.77. The Hall–Kier alpha value is -4.65. The Morgan fingerprint density at radius 3 is 2.14 bits per heavy atom. The smallest absolute Gasteiger partial charge is 0.382 e. The number of hydrogen-bond donors (Lipinski definition) is 2. The van der Waals surface area contributed by atoms with Crippen molar-refractivity contribution in [1.29, 1.82) is 0 Å². The maximum absolute atomic E-state index is 12.9. The number of alkyl halides is 3. The zero-order chi connectivity index (χ0) is 31.4. The molecule has 0 unspecified atom stereocenters. The van der Waals surface area contributed by atoms with Gasteiger partial charge in [0.05, 0.1) is 22.4 Å². The van der Waals surface area contributed by atoms with Crippen LogP contribution in [0.25, 0.3) is 17.1 Å². The first-order valence-electron chi connectivity index (χ1n) is 13.0. The highest BCUT2D eigenvalue weighted by atomic mass is 32.2. The number of aryl methyl sites for hydroxylation is 2. The molecule has 0 fully saturated rings. The molecule has 9 nitrogen and oxygen atoms in total. The number of carbonyl (C=O) groups is 2. The minimum atomic E-state index is -4.43. The summed E-state index contributed by atoms with van der Waals surface area (Å²) in [7, 11) is 0. The SMILES string of the molecule is Cc1cccc(C)c1N=C(NC(=O)Nc1ccc(-c2ncn(-c3ccc(C(F)(F)F)cc3)n2)cc1)SOC(=O)C(C)(C)C. The van der Waals surface area contributed by atoms with Gasteiger partial charge in [-0.05, 0) is 94.3 Å². The average molecular weight is 611 g/mol. The highest BCUT2D eigenvalue weighted by molar-refractivity contribution is 8.10. The van der Waals surface area contributed by atoms with Crippen molar-refractivity contribution in [3.8, 4) is 17.1 Å². The standard InChI is InChI=1S/C30H29F3N6O3S/c1-18-7-6-8-19(2)24(18)36-28(43-42-26(40)29(3,4)5)37-27(41)35-22-13-9-20(10-14-22)25-34-17-39(38-25)23-15-11-21(12-16-23)30(31,32)33/h6-17H,1-5H3,(H2,35,36,37,41). The monoisotopic (exact) mass is 610 g/mol. The molecule has 0 saturated heterocycles. The summed E-state index contributed by atoms with van der Waals surface area (Å²) in [6.45, 7) is 8.93. The molecule has 224 valence electrons. The van der Waals surface area contributed by atoms with Gasteiger partial charge in [-0.15, -0.1) is 5.10 Å². The number of halogens is 3. The van der Waals surface area contributed by atoms with E-state index in [1.165, 1.54) is 23.1 Å². The molecular weight excluding hydrogens is 581 g/mol. The fourth-order valence-electron chi connectivity index (χ4n) is 3.64. The predicted molar refractivity (Wildman–Crippen MR) is 160 cm³/mol. The topological polar surface area (TPSA) is 110 Å². The molecule has 0 bridgehead atoms. The van der Waals surface area contributed by atoms with Gasteiger partial charge in [-0.25, -0.2) is 19.5 Å². The molecule has 0 spiro atoms. The normalized spacial score (nSPS) is 12.1. The maximum Gasteiger partial charge on any atom is 0.416 e. The number of nitrogens with one attached hydrogen (secondary N) is 2. The Labute approximate surface area is 250 Å². The molecule has 0 aliphatic heterocycles. The van der Waals surface area contributed by atoms with Crippen molar-refractivity contribution in [2.24, 2.45) is 10.4 Å². The summed E-state index contributed by atoms with van der Waals surface area (Å²) < 4.78 is 45.3. The van der Waals surface area contributed by atoms with Gasteiger partial charge < -0.3 is 9.50 Å². The van der Waals surface area contributed by atoms with Gasteiger partial charge in [-0.1, -0.05) is 18.2 Å². The van der Waals surface area contributed by atoms with E-state index in [1.54, 1.807) is 45.0 Å². The van der Waals surface area contributed by atoms with Crippen molar-refractivity contribution in [2.75, 3.05) is 5.32 Å². The zero-order valence-corrected chi connectivity index (χ0v) is 24.8. The van der Waals surface area contributed by atoms with Gasteiger partial charge in [0.2, 0.25) is 5.17 Å². The quantitative estimate of drug-likeness (QED) is 0.140. The van der Waals surface area contributed by atoms with E-state index < -0.39 is 29.2 Å². The fraction of sp³-hybridized carbons (Fsp3) is 0.233. The Kier molecular flexibility index (Phi) is 9.24. The van der Waals surface area contributed by atoms with Gasteiger partial charge in [0, 0.05) is 11.3 Å². The van der Waals surface area contributed by atoms with Crippen LogP contribution in [0, 0.1) is 19.3 Å². The molecule has 0 saturated carbocycles. The second kappa shape index (κ2) is 12.7. The van der Waals surface area contributed by atoms with E-state index in [9.17, 15) is 22.8 Å². The molecule has 13 heteroatoms. The number of aliphatic imine (C=N–C) groups is 1. The molecule has 2 amide bonds. The van der Waals surface area contributed by atoms with Crippen molar-refractivity contribution in [1.82, 2.24) is 20.1 Å². The van der Waals surface area contributed by atoms with E-state index in [4.69, 9.17) is 4.18 Å². The minimum absolute atomic E-state index is 0.0714. The number of nitrogens with zero attached hydrogens (tertiary/aromatic N) is 4. The Morgan fingerprint density at radius 1 is 0.930 bits per heavy atom. The summed E-state index contributed by atoms with van der Waals surface area (Å²) in [5.74, 6) is -0.130. The van der Waals surface area contributed by atoms with E-state index in [-0.39, 0.29) is 5.17 Å². The second-order valence-corrected chi connectivity index (χ2v) is 11.3. The first-order chi connectivity index (χ1) is 20.2. The number of amidine groups is 1. The van der Waals surface area contributed by atoms with Gasteiger partial charge in [0.15, 0.2) is 5.82 Å². The lowest BCUT2D eigenvalue weighted by Gasteiger charge is -2.16. The van der Waals surface area contributed by atoms with Crippen LogP contribution < -0.4 is 10.6 Å². The summed E-state index contributed by atoms with van der Waals surface area (Å²) in [4.78, 5) is 34.0. The highest BCUT2D eigenvalue weighted by Crippen LogP contribution is 2.30. The maximum atomic E-state index is 12.9. The Morgan fingerprint density at radius 2 is 1.56 bits per heavy atom. The number of anilines is 1. The molecule has 2 N–H and O–H groups in total. The second-order valence-electron chi connectivity index (χ2n) is 10.6. The molecule has 1 heterocycles. The Balaban J connectivity index is 1.45. The highest BCUT2D eigenvalue weighted by Gasteiger charge is 2.30. The van der Waals surface area contributed by atoms with E-state index in [0.29, 0.717) is 40.5 Å². The lowest BCUT2D eigenvalue weighted by molar-refractivity contribution is -0.141. The van der Waals surface area contributed by atoms with Gasteiger partial charge in [-0.2, -0.15) is 13.2 Å². The number of hydrogen-bond acceptors (Lipinski definition) is 7. The fourth-order valence-corrected chi connectivity index (χ4v) is 4.31. The average Bonchev–Trinajstić information content (AvgIpc) is 3.43. The number of carbonyl (C=O) groups excluding carboxylic acids is 2. The van der Waals surface area contributed by atoms with Crippen LogP contribution in [-0.4, -0.2) is 31.9 Å². The number of para-hydroxylation sites is 1. The molecule has 0 atom stereocenters. The van der Waals surface area contributed by atoms with E-state index in [0.717, 1.165) is 23.3 Å².